The highest BCUT2D eigenvalue weighted by atomic mass is 31.2. The fraction of sp³-hybridized carbons (Fsp3) is 0.897. The van der Waals surface area contributed by atoms with Crippen LogP contribution >= 0.6 is 7.82 Å². The SMILES string of the molecule is CCCCCCCCCCCCCCCC(=O)OC[C@@H](CC(COP(=O)(O)O)[N+](C)(C)C)OC(=O)CCCC(=O)O. The lowest BCUT2D eigenvalue weighted by Crippen LogP contribution is -2.50. The number of aliphatic carboxylic acids is 1. The Kier molecular flexibility index (Phi) is 22.1. The second kappa shape index (κ2) is 23.0. The summed E-state index contributed by atoms with van der Waals surface area (Å²) in [6.07, 6.45) is 15.0. The number of carbonyl (C=O) groups is 3. The van der Waals surface area contributed by atoms with Crippen LogP contribution in [0.15, 0.2) is 0 Å². The topological polar surface area (TPSA) is 157 Å². The van der Waals surface area contributed by atoms with Crippen molar-refractivity contribution in [1.29, 1.82) is 0 Å². The number of ether oxygens (including phenoxy) is 2. The summed E-state index contributed by atoms with van der Waals surface area (Å²) in [5.74, 6) is -2.04. The molecule has 0 heterocycles. The quantitative estimate of drug-likeness (QED) is 0.0453. The molecule has 2 atom stereocenters. The molecule has 0 aliphatic heterocycles. The second-order valence-electron chi connectivity index (χ2n) is 11.8. The molecule has 0 aliphatic rings. The van der Waals surface area contributed by atoms with Crippen LogP contribution in [0.3, 0.4) is 0 Å². The largest absolute Gasteiger partial charge is 0.481 e. The minimum atomic E-state index is -4.71. The van der Waals surface area contributed by atoms with E-state index < -0.39 is 37.9 Å². The van der Waals surface area contributed by atoms with E-state index >= 15 is 0 Å². The van der Waals surface area contributed by atoms with Gasteiger partial charge in [-0.1, -0.05) is 84.0 Å². The summed E-state index contributed by atoms with van der Waals surface area (Å²) in [7, 11) is 0.709. The van der Waals surface area contributed by atoms with Crippen molar-refractivity contribution in [3.8, 4) is 0 Å². The molecular weight excluding hydrogens is 553 g/mol. The van der Waals surface area contributed by atoms with Crippen molar-refractivity contribution < 1.29 is 52.3 Å². The lowest BCUT2D eigenvalue weighted by atomic mass is 10.0. The number of nitrogens with zero attached hydrogens (tertiary/aromatic N) is 1. The van der Waals surface area contributed by atoms with Crippen LogP contribution < -0.4 is 0 Å². The Morgan fingerprint density at radius 3 is 1.66 bits per heavy atom. The van der Waals surface area contributed by atoms with Gasteiger partial charge in [0, 0.05) is 25.7 Å². The first-order valence-corrected chi connectivity index (χ1v) is 16.9. The van der Waals surface area contributed by atoms with E-state index in [1.54, 1.807) is 21.1 Å². The Labute approximate surface area is 247 Å². The van der Waals surface area contributed by atoms with Crippen molar-refractivity contribution in [1.82, 2.24) is 0 Å². The third-order valence-electron chi connectivity index (χ3n) is 7.05. The highest BCUT2D eigenvalue weighted by molar-refractivity contribution is 7.46. The second-order valence-corrected chi connectivity index (χ2v) is 13.1. The zero-order valence-corrected chi connectivity index (χ0v) is 26.8. The third-order valence-corrected chi connectivity index (χ3v) is 7.54. The molecule has 0 aromatic rings. The number of quaternary nitrogens is 1. The number of esters is 2. The molecule has 0 amide bonds. The van der Waals surface area contributed by atoms with Gasteiger partial charge in [0.25, 0.3) is 0 Å². The fourth-order valence-corrected chi connectivity index (χ4v) is 4.78. The molecule has 0 aliphatic carbocycles. The molecule has 0 spiro atoms. The highest BCUT2D eigenvalue weighted by Gasteiger charge is 2.32. The van der Waals surface area contributed by atoms with Crippen molar-refractivity contribution in [3.63, 3.8) is 0 Å². The van der Waals surface area contributed by atoms with Crippen LogP contribution in [0, 0.1) is 0 Å². The van der Waals surface area contributed by atoms with Crippen molar-refractivity contribution in [2.75, 3.05) is 34.4 Å². The van der Waals surface area contributed by atoms with E-state index in [0.29, 0.717) is 6.42 Å². The van der Waals surface area contributed by atoms with Crippen molar-refractivity contribution in [2.45, 2.75) is 135 Å². The summed E-state index contributed by atoms with van der Waals surface area (Å²) in [5.41, 5.74) is 0. The first-order valence-electron chi connectivity index (χ1n) is 15.3. The predicted molar refractivity (Wildman–Crippen MR) is 157 cm³/mol. The maximum atomic E-state index is 12.4. The number of phosphoric ester groups is 1. The van der Waals surface area contributed by atoms with E-state index in [1.165, 1.54) is 57.8 Å². The van der Waals surface area contributed by atoms with E-state index in [9.17, 15) is 18.9 Å². The maximum Gasteiger partial charge on any atom is 0.469 e. The van der Waals surface area contributed by atoms with Gasteiger partial charge in [0.2, 0.25) is 0 Å². The highest BCUT2D eigenvalue weighted by Crippen LogP contribution is 2.36. The molecule has 0 bridgehead atoms. The molecule has 0 saturated carbocycles. The molecule has 0 aromatic carbocycles. The minimum absolute atomic E-state index is 0.107. The van der Waals surface area contributed by atoms with Gasteiger partial charge in [-0.15, -0.1) is 0 Å². The third kappa shape index (κ3) is 25.9. The van der Waals surface area contributed by atoms with E-state index in [-0.39, 0.29) is 49.8 Å². The Bertz CT molecular complexity index is 765. The molecule has 0 rings (SSSR count). The van der Waals surface area contributed by atoms with Crippen LogP contribution in [-0.2, 0) is 32.9 Å². The average Bonchev–Trinajstić information content (AvgIpc) is 2.86. The summed E-state index contributed by atoms with van der Waals surface area (Å²) < 4.78 is 27.1. The van der Waals surface area contributed by atoms with Gasteiger partial charge in [-0.25, -0.2) is 4.57 Å². The minimum Gasteiger partial charge on any atom is -0.481 e. The summed E-state index contributed by atoms with van der Waals surface area (Å²) in [6, 6.07) is -0.487. The lowest BCUT2D eigenvalue weighted by molar-refractivity contribution is -0.897. The average molecular weight is 611 g/mol. The van der Waals surface area contributed by atoms with Gasteiger partial charge in [0.1, 0.15) is 25.4 Å². The fourth-order valence-electron chi connectivity index (χ4n) is 4.42. The van der Waals surface area contributed by atoms with Gasteiger partial charge < -0.3 is 28.9 Å². The van der Waals surface area contributed by atoms with Gasteiger partial charge in [0.05, 0.1) is 21.1 Å². The van der Waals surface area contributed by atoms with E-state index in [0.717, 1.165) is 19.3 Å². The molecule has 41 heavy (non-hydrogen) atoms. The summed E-state index contributed by atoms with van der Waals surface area (Å²) in [6.45, 7) is 1.73. The van der Waals surface area contributed by atoms with E-state index in [4.69, 9.17) is 28.9 Å². The van der Waals surface area contributed by atoms with Crippen LogP contribution in [0.2, 0.25) is 0 Å². The maximum absolute atomic E-state index is 12.4. The monoisotopic (exact) mass is 610 g/mol. The molecule has 12 heteroatoms. The van der Waals surface area contributed by atoms with Gasteiger partial charge in [-0.3, -0.25) is 18.9 Å². The van der Waals surface area contributed by atoms with E-state index in [1.807, 2.05) is 0 Å². The Hall–Kier alpha value is -1.52. The molecule has 0 radical (unpaired) electrons. The number of hydrogen-bond acceptors (Lipinski definition) is 7. The normalized spacial score (nSPS) is 13.5. The molecule has 3 N–H and O–H groups in total. The van der Waals surface area contributed by atoms with Crippen LogP contribution in [0.25, 0.3) is 0 Å². The summed E-state index contributed by atoms with van der Waals surface area (Å²) in [5, 5.41) is 8.79. The predicted octanol–water partition coefficient (Wildman–Crippen LogP) is 5.75. The number of rotatable bonds is 27. The number of unbranched alkanes of at least 4 members (excludes halogenated alkanes) is 12. The van der Waals surface area contributed by atoms with Crippen molar-refractivity contribution in [3.05, 3.63) is 0 Å². The van der Waals surface area contributed by atoms with Gasteiger partial charge >= 0.3 is 25.7 Å². The van der Waals surface area contributed by atoms with Crippen LogP contribution in [0.5, 0.6) is 0 Å². The van der Waals surface area contributed by atoms with Gasteiger partial charge in [-0.05, 0) is 12.8 Å². The Morgan fingerprint density at radius 2 is 1.20 bits per heavy atom. The van der Waals surface area contributed by atoms with Crippen LogP contribution in [-0.4, -0.2) is 83.8 Å². The molecule has 0 aromatic heterocycles. The number of carboxylic acids is 1. The molecule has 11 nitrogen and oxygen atoms in total. The molecule has 0 fully saturated rings. The molecular formula is C29H57NO10P+. The van der Waals surface area contributed by atoms with Crippen LogP contribution in [0.1, 0.15) is 122 Å². The zero-order valence-electron chi connectivity index (χ0n) is 25.9. The van der Waals surface area contributed by atoms with E-state index in [2.05, 4.69) is 6.92 Å². The van der Waals surface area contributed by atoms with Crippen LogP contribution in [0.4, 0.5) is 0 Å². The Morgan fingerprint density at radius 1 is 0.707 bits per heavy atom. The zero-order chi connectivity index (χ0) is 31.2. The summed E-state index contributed by atoms with van der Waals surface area (Å²) >= 11 is 0. The van der Waals surface area contributed by atoms with Crippen molar-refractivity contribution >= 4 is 25.7 Å². The number of phosphoric acid groups is 1. The number of carboxylic acid groups (broad SMARTS) is 1. The number of likely N-dealkylation sites (N-methyl/N-ethyl adjacent to an activating group) is 1. The Balaban J connectivity index is 4.55. The number of carbonyl (C=O) groups excluding carboxylic acids is 2. The number of hydrogen-bond donors (Lipinski definition) is 3. The summed E-state index contributed by atoms with van der Waals surface area (Å²) in [4.78, 5) is 53.7. The standard InChI is InChI=1S/C29H56NO10P/c1-5-6-7-8-9-10-11-12-13-14-15-16-17-20-28(33)38-24-26(40-29(34)21-18-19-27(31)32)22-25(30(2,3)4)23-39-41(35,36)37/h25-26H,5-24H2,1-4H3,(H2-,31,32,35,36,37)/p+1/t25?,26-/m1/s1. The molecule has 0 saturated heterocycles. The smallest absolute Gasteiger partial charge is 0.469 e. The molecule has 242 valence electrons. The first kappa shape index (κ1) is 39.5. The van der Waals surface area contributed by atoms with Crippen molar-refractivity contribution in [2.24, 2.45) is 0 Å². The van der Waals surface area contributed by atoms with Gasteiger partial charge in [-0.2, -0.15) is 0 Å². The lowest BCUT2D eigenvalue weighted by Gasteiger charge is -2.35. The molecule has 1 unspecified atom stereocenters. The van der Waals surface area contributed by atoms with Gasteiger partial charge in [0.15, 0.2) is 0 Å². The first-order chi connectivity index (χ1) is 19.2.